The Balaban J connectivity index is 2.68. The normalized spacial score (nSPS) is 10.0. The van der Waals surface area contributed by atoms with Gasteiger partial charge in [-0.3, -0.25) is 0 Å². The van der Waals surface area contributed by atoms with Crippen LogP contribution in [-0.2, 0) is 0 Å². The molecule has 0 saturated heterocycles. The summed E-state index contributed by atoms with van der Waals surface area (Å²) in [5.74, 6) is -0.418. The number of hydrogen-bond donors (Lipinski definition) is 1. The Morgan fingerprint density at radius 3 is 3.08 bits per heavy atom. The third kappa shape index (κ3) is 1.01. The number of nitrogens with two attached hydrogens (primary N) is 1. The second-order valence-electron chi connectivity index (χ2n) is 2.58. The van der Waals surface area contributed by atoms with Crippen LogP contribution in [0.25, 0.3) is 10.7 Å². The van der Waals surface area contributed by atoms with Gasteiger partial charge in [0.1, 0.15) is 0 Å². The number of benzene rings is 1. The molecule has 0 radical (unpaired) electrons. The molecule has 0 saturated carbocycles. The first-order valence-corrected chi connectivity index (χ1v) is 3.53. The van der Waals surface area contributed by atoms with Crippen LogP contribution in [0.4, 0.5) is 0 Å². The van der Waals surface area contributed by atoms with Crippen molar-refractivity contribution in [2.45, 2.75) is 0 Å². The summed E-state index contributed by atoms with van der Waals surface area (Å²) < 4.78 is 4.95. The number of primary amides is 1. The predicted molar refractivity (Wildman–Crippen MR) is 46.1 cm³/mol. The Bertz CT molecular complexity index is 435. The summed E-state index contributed by atoms with van der Waals surface area (Å²) in [6, 6.07) is 5.19. The summed E-state index contributed by atoms with van der Waals surface area (Å²) in [5, 5.41) is 1.87. The number of amides is 1. The van der Waals surface area contributed by atoms with E-state index in [4.69, 9.17) is 10.1 Å². The van der Waals surface area contributed by atoms with Crippen LogP contribution in [0.15, 0.2) is 28.8 Å². The van der Waals surface area contributed by atoms with E-state index in [1.165, 1.54) is 0 Å². The second kappa shape index (κ2) is 2.48. The Labute approximate surface area is 69.4 Å². The van der Waals surface area contributed by atoms with Crippen molar-refractivity contribution in [3.05, 3.63) is 30.0 Å². The first-order chi connectivity index (χ1) is 5.77. The average Bonchev–Trinajstić information content (AvgIpc) is 2.49. The van der Waals surface area contributed by atoms with Crippen molar-refractivity contribution >= 4 is 23.7 Å². The second-order valence-corrected chi connectivity index (χ2v) is 2.58. The zero-order valence-corrected chi connectivity index (χ0v) is 6.28. The summed E-state index contributed by atoms with van der Waals surface area (Å²) in [7, 11) is 1.63. The van der Waals surface area contributed by atoms with Gasteiger partial charge in [-0.05, 0) is 0 Å². The predicted octanol–water partition coefficient (Wildman–Crippen LogP) is 0.870. The van der Waals surface area contributed by atoms with E-state index in [1.807, 2.05) is 0 Å². The van der Waals surface area contributed by atoms with Crippen molar-refractivity contribution in [2.24, 2.45) is 5.73 Å². The van der Waals surface area contributed by atoms with Crippen molar-refractivity contribution in [1.82, 2.24) is 0 Å². The third-order valence-corrected chi connectivity index (χ3v) is 1.76. The van der Waals surface area contributed by atoms with Gasteiger partial charge in [-0.1, -0.05) is 0 Å². The van der Waals surface area contributed by atoms with Crippen LogP contribution in [0.2, 0.25) is 0 Å². The molecule has 0 atom stereocenters. The molecule has 0 spiro atoms. The summed E-state index contributed by atoms with van der Waals surface area (Å²) in [5.41, 5.74) is 5.61. The van der Waals surface area contributed by atoms with Crippen LogP contribution in [0.1, 0.15) is 10.4 Å². The molecule has 12 heavy (non-hydrogen) atoms. The van der Waals surface area contributed by atoms with Gasteiger partial charge in [0.25, 0.3) is 0 Å². The standard InChI is InChI=1S/C8H6BNO2/c10-8(11)5-1-2-7-6(3-5)4-12-9-7/h1-4H,(H2,10,11). The van der Waals surface area contributed by atoms with Gasteiger partial charge in [0.05, 0.1) is 0 Å². The van der Waals surface area contributed by atoms with Crippen LogP contribution in [0, 0.1) is 0 Å². The van der Waals surface area contributed by atoms with Crippen LogP contribution in [0.3, 0.4) is 0 Å². The van der Waals surface area contributed by atoms with Crippen molar-refractivity contribution < 1.29 is 9.13 Å². The first kappa shape index (κ1) is 7.09. The van der Waals surface area contributed by atoms with Crippen molar-refractivity contribution in [3.63, 3.8) is 0 Å². The molecule has 0 aliphatic rings. The quantitative estimate of drug-likeness (QED) is 0.670. The zero-order valence-electron chi connectivity index (χ0n) is 6.28. The minimum atomic E-state index is -0.418. The molecule has 0 aliphatic heterocycles. The molecule has 1 heterocycles. The fourth-order valence-electron chi connectivity index (χ4n) is 1.12. The summed E-state index contributed by atoms with van der Waals surface area (Å²) in [4.78, 5) is 10.8. The number of rotatable bonds is 1. The maximum absolute atomic E-state index is 10.8. The molecular formula is C8H6BNO2. The van der Waals surface area contributed by atoms with E-state index in [1.54, 1.807) is 31.6 Å². The molecule has 0 fully saturated rings. The Hall–Kier alpha value is -1.58. The molecule has 0 bridgehead atoms. The van der Waals surface area contributed by atoms with Crippen LogP contribution >= 0.6 is 0 Å². The van der Waals surface area contributed by atoms with E-state index in [2.05, 4.69) is 0 Å². The van der Waals surface area contributed by atoms with Gasteiger partial charge in [-0.2, -0.15) is 0 Å². The fraction of sp³-hybridized carbons (Fsp3) is 0. The van der Waals surface area contributed by atoms with Gasteiger partial charge in [0, 0.05) is 0 Å². The zero-order chi connectivity index (χ0) is 8.55. The van der Waals surface area contributed by atoms with Crippen molar-refractivity contribution in [2.75, 3.05) is 0 Å². The molecule has 1 amide bonds. The van der Waals surface area contributed by atoms with Crippen LogP contribution < -0.4 is 5.73 Å². The maximum atomic E-state index is 10.8. The van der Waals surface area contributed by atoms with Gasteiger partial charge in [-0.25, -0.2) is 0 Å². The molecule has 0 aliphatic carbocycles. The molecule has 2 aromatic rings. The molecule has 1 aromatic carbocycles. The molecule has 0 unspecified atom stereocenters. The number of carbonyl (C=O) groups excluding carboxylic acids is 1. The summed E-state index contributed by atoms with van der Waals surface area (Å²) in [6.45, 7) is 0. The molecule has 4 heteroatoms. The Kier molecular flexibility index (Phi) is 1.47. The van der Waals surface area contributed by atoms with Crippen LogP contribution in [-0.4, -0.2) is 13.0 Å². The van der Waals surface area contributed by atoms with Gasteiger partial charge in [0.2, 0.25) is 0 Å². The Morgan fingerprint density at radius 2 is 2.33 bits per heavy atom. The molecule has 3 nitrogen and oxygen atoms in total. The van der Waals surface area contributed by atoms with Gasteiger partial charge >= 0.3 is 68.6 Å². The molecule has 2 N–H and O–H groups in total. The van der Waals surface area contributed by atoms with Crippen LogP contribution in [0.5, 0.6) is 0 Å². The molecule has 2 rings (SSSR count). The molecule has 1 aromatic heterocycles. The topological polar surface area (TPSA) is 56.2 Å². The van der Waals surface area contributed by atoms with Gasteiger partial charge in [-0.15, -0.1) is 0 Å². The summed E-state index contributed by atoms with van der Waals surface area (Å²) in [6.07, 6.45) is 1.59. The van der Waals surface area contributed by atoms with E-state index in [9.17, 15) is 4.79 Å². The van der Waals surface area contributed by atoms with E-state index in [0.717, 1.165) is 10.7 Å². The van der Waals surface area contributed by atoms with E-state index in [0.29, 0.717) is 5.56 Å². The third-order valence-electron chi connectivity index (χ3n) is 1.76. The van der Waals surface area contributed by atoms with Gasteiger partial charge in [0.15, 0.2) is 0 Å². The number of hydrogen-bond acceptors (Lipinski definition) is 2. The van der Waals surface area contributed by atoms with Gasteiger partial charge < -0.3 is 0 Å². The summed E-state index contributed by atoms with van der Waals surface area (Å²) >= 11 is 0. The Morgan fingerprint density at radius 1 is 1.50 bits per heavy atom. The van der Waals surface area contributed by atoms with E-state index < -0.39 is 5.91 Å². The van der Waals surface area contributed by atoms with Crippen molar-refractivity contribution in [1.29, 1.82) is 0 Å². The number of carbonyl (C=O) groups is 1. The minimum absolute atomic E-state index is 0.418. The van der Waals surface area contributed by atoms with E-state index in [-0.39, 0.29) is 0 Å². The molecular weight excluding hydrogens is 153 g/mol. The fourth-order valence-corrected chi connectivity index (χ4v) is 1.12. The van der Waals surface area contributed by atoms with E-state index >= 15 is 0 Å². The first-order valence-electron chi connectivity index (χ1n) is 3.53. The number of fused-ring (bicyclic) bond motifs is 1. The average molecular weight is 159 g/mol. The SMILES string of the molecule is NC(=O)c1ccc2bocc2c1. The molecule has 58 valence electrons. The monoisotopic (exact) mass is 159 g/mol. The van der Waals surface area contributed by atoms with Crippen molar-refractivity contribution in [3.8, 4) is 0 Å².